The zero-order valence-electron chi connectivity index (χ0n) is 6.24. The number of rotatable bonds is 2. The van der Waals surface area contributed by atoms with Crippen LogP contribution in [-0.2, 0) is 0 Å². The monoisotopic (exact) mass is 164 g/mol. The van der Waals surface area contributed by atoms with E-state index in [2.05, 4.69) is 0 Å². The number of carbonyl (C=O) groups is 1. The van der Waals surface area contributed by atoms with Crippen molar-refractivity contribution in [2.75, 3.05) is 0 Å². The van der Waals surface area contributed by atoms with Gasteiger partial charge in [-0.05, 0) is 12.1 Å². The fourth-order valence-electron chi connectivity index (χ4n) is 0.792. The molecule has 0 saturated carbocycles. The van der Waals surface area contributed by atoms with Gasteiger partial charge in [-0.15, -0.1) is 0 Å². The highest BCUT2D eigenvalue weighted by Gasteiger charge is 2.01. The summed E-state index contributed by atoms with van der Waals surface area (Å²) in [4.78, 5) is 10.4. The molecule has 0 aliphatic carbocycles. The summed E-state index contributed by atoms with van der Waals surface area (Å²) >= 11 is 0. The Kier molecular flexibility index (Phi) is 2.09. The molecule has 0 spiro atoms. The van der Waals surface area contributed by atoms with E-state index in [-0.39, 0.29) is 11.4 Å². The molecule has 4 heteroatoms. The van der Waals surface area contributed by atoms with E-state index in [9.17, 15) is 4.79 Å². The molecule has 0 bridgehead atoms. The largest absolute Gasteiger partial charge is 0.478 e. The fourth-order valence-corrected chi connectivity index (χ4v) is 0.792. The van der Waals surface area contributed by atoms with Crippen LogP contribution in [0.25, 0.3) is 0 Å². The van der Waals surface area contributed by atoms with E-state index >= 15 is 0 Å². The number of nitrogens with one attached hydrogen (secondary N) is 1. The maximum Gasteiger partial charge on any atom is 0.335 e. The number of nitrogens with two attached hydrogens (primary N) is 1. The molecular formula is C8H8N2O2. The SMILES string of the molecule is N=C(N)c1ccc(C(=O)O)cc1. The Morgan fingerprint density at radius 1 is 1.25 bits per heavy atom. The van der Waals surface area contributed by atoms with Gasteiger partial charge in [0.05, 0.1) is 5.56 Å². The quantitative estimate of drug-likeness (QED) is 0.443. The van der Waals surface area contributed by atoms with Gasteiger partial charge in [-0.25, -0.2) is 4.79 Å². The number of amidine groups is 1. The van der Waals surface area contributed by atoms with Crippen LogP contribution in [0.5, 0.6) is 0 Å². The molecule has 62 valence electrons. The van der Waals surface area contributed by atoms with Crippen molar-refractivity contribution in [2.24, 2.45) is 5.73 Å². The van der Waals surface area contributed by atoms with Gasteiger partial charge < -0.3 is 10.8 Å². The van der Waals surface area contributed by atoms with E-state index in [4.69, 9.17) is 16.2 Å². The predicted molar refractivity (Wildman–Crippen MR) is 44.4 cm³/mol. The zero-order valence-corrected chi connectivity index (χ0v) is 6.24. The van der Waals surface area contributed by atoms with Gasteiger partial charge in [0.1, 0.15) is 5.84 Å². The first-order valence-electron chi connectivity index (χ1n) is 3.29. The number of hydrogen-bond acceptors (Lipinski definition) is 2. The summed E-state index contributed by atoms with van der Waals surface area (Å²) < 4.78 is 0. The molecule has 0 radical (unpaired) electrons. The summed E-state index contributed by atoms with van der Waals surface area (Å²) in [6, 6.07) is 5.84. The zero-order chi connectivity index (χ0) is 9.14. The summed E-state index contributed by atoms with van der Waals surface area (Å²) in [6.07, 6.45) is 0. The van der Waals surface area contributed by atoms with Crippen LogP contribution in [0.3, 0.4) is 0 Å². The van der Waals surface area contributed by atoms with Crippen molar-refractivity contribution in [3.63, 3.8) is 0 Å². The molecule has 1 rings (SSSR count). The second-order valence-electron chi connectivity index (χ2n) is 2.30. The lowest BCUT2D eigenvalue weighted by Gasteiger charge is -1.97. The maximum absolute atomic E-state index is 10.4. The van der Waals surface area contributed by atoms with Crippen molar-refractivity contribution >= 4 is 11.8 Å². The first-order chi connectivity index (χ1) is 5.61. The molecule has 0 unspecified atom stereocenters. The Bertz CT molecular complexity index is 283. The van der Waals surface area contributed by atoms with Crippen LogP contribution in [0, 0.1) is 5.41 Å². The lowest BCUT2D eigenvalue weighted by atomic mass is 10.1. The third-order valence-corrected chi connectivity index (χ3v) is 1.44. The molecule has 0 amide bonds. The molecule has 0 heterocycles. The summed E-state index contributed by atoms with van der Waals surface area (Å²) in [5.74, 6) is -1.04. The average Bonchev–Trinajstić information content (AvgIpc) is 2.04. The highest BCUT2D eigenvalue weighted by molar-refractivity contribution is 5.96. The van der Waals surface area contributed by atoms with Gasteiger partial charge in [-0.3, -0.25) is 5.41 Å². The van der Waals surface area contributed by atoms with Crippen LogP contribution in [0.15, 0.2) is 24.3 Å². The molecule has 1 aromatic carbocycles. The fraction of sp³-hybridized carbons (Fsp3) is 0. The molecule has 4 N–H and O–H groups in total. The normalized spacial score (nSPS) is 9.33. The van der Waals surface area contributed by atoms with Crippen molar-refractivity contribution in [1.29, 1.82) is 5.41 Å². The lowest BCUT2D eigenvalue weighted by molar-refractivity contribution is 0.0697. The lowest BCUT2D eigenvalue weighted by Crippen LogP contribution is -2.11. The van der Waals surface area contributed by atoms with E-state index in [1.165, 1.54) is 24.3 Å². The third kappa shape index (κ3) is 1.60. The van der Waals surface area contributed by atoms with E-state index < -0.39 is 5.97 Å². The van der Waals surface area contributed by atoms with Gasteiger partial charge in [0.15, 0.2) is 0 Å². The van der Waals surface area contributed by atoms with Crippen molar-refractivity contribution in [2.45, 2.75) is 0 Å². The molecule has 1 aromatic rings. The van der Waals surface area contributed by atoms with Gasteiger partial charge >= 0.3 is 5.97 Å². The Hall–Kier alpha value is -1.84. The number of carboxylic acid groups (broad SMARTS) is 1. The van der Waals surface area contributed by atoms with Gasteiger partial charge in [-0.2, -0.15) is 0 Å². The van der Waals surface area contributed by atoms with Crippen LogP contribution in [0.2, 0.25) is 0 Å². The standard InChI is InChI=1S/C8H8N2O2/c9-7(10)5-1-3-6(4-2-5)8(11)12/h1-4H,(H3,9,10)(H,11,12). The Morgan fingerprint density at radius 3 is 2.00 bits per heavy atom. The minimum absolute atomic E-state index is 0.0630. The van der Waals surface area contributed by atoms with Gasteiger partial charge in [0, 0.05) is 5.56 Å². The van der Waals surface area contributed by atoms with Crippen molar-refractivity contribution in [1.82, 2.24) is 0 Å². The van der Waals surface area contributed by atoms with Crippen LogP contribution in [0.1, 0.15) is 15.9 Å². The topological polar surface area (TPSA) is 87.2 Å². The minimum atomic E-state index is -0.981. The van der Waals surface area contributed by atoms with Crippen molar-refractivity contribution in [3.05, 3.63) is 35.4 Å². The van der Waals surface area contributed by atoms with E-state index in [0.29, 0.717) is 5.56 Å². The summed E-state index contributed by atoms with van der Waals surface area (Å²) in [6.45, 7) is 0. The molecule has 0 atom stereocenters. The summed E-state index contributed by atoms with van der Waals surface area (Å²) in [5.41, 5.74) is 5.90. The highest BCUT2D eigenvalue weighted by Crippen LogP contribution is 2.03. The van der Waals surface area contributed by atoms with Gasteiger partial charge in [0.2, 0.25) is 0 Å². The van der Waals surface area contributed by atoms with E-state index in [1.807, 2.05) is 0 Å². The molecule has 0 fully saturated rings. The van der Waals surface area contributed by atoms with Crippen LogP contribution >= 0.6 is 0 Å². The summed E-state index contributed by atoms with van der Waals surface area (Å²) in [7, 11) is 0. The van der Waals surface area contributed by atoms with Gasteiger partial charge in [0.25, 0.3) is 0 Å². The van der Waals surface area contributed by atoms with Crippen LogP contribution in [0.4, 0.5) is 0 Å². The molecule has 0 aromatic heterocycles. The number of benzene rings is 1. The van der Waals surface area contributed by atoms with E-state index in [0.717, 1.165) is 0 Å². The Morgan fingerprint density at radius 2 is 1.67 bits per heavy atom. The number of carboxylic acids is 1. The second-order valence-corrected chi connectivity index (χ2v) is 2.30. The molecule has 0 aliphatic rings. The predicted octanol–water partition coefficient (Wildman–Crippen LogP) is 0.669. The minimum Gasteiger partial charge on any atom is -0.478 e. The second kappa shape index (κ2) is 3.04. The number of aromatic carboxylic acids is 1. The summed E-state index contributed by atoms with van der Waals surface area (Å²) in [5, 5.41) is 15.6. The van der Waals surface area contributed by atoms with E-state index in [1.54, 1.807) is 0 Å². The molecule has 4 nitrogen and oxygen atoms in total. The average molecular weight is 164 g/mol. The van der Waals surface area contributed by atoms with Crippen LogP contribution < -0.4 is 5.73 Å². The third-order valence-electron chi connectivity index (χ3n) is 1.44. The smallest absolute Gasteiger partial charge is 0.335 e. The number of hydrogen-bond donors (Lipinski definition) is 3. The number of nitrogen functional groups attached to an aromatic ring is 1. The highest BCUT2D eigenvalue weighted by atomic mass is 16.4. The molecule has 12 heavy (non-hydrogen) atoms. The molecule has 0 aliphatic heterocycles. The first-order valence-corrected chi connectivity index (χ1v) is 3.29. The van der Waals surface area contributed by atoms with Crippen LogP contribution in [-0.4, -0.2) is 16.9 Å². The Balaban J connectivity index is 3.01. The first kappa shape index (κ1) is 8.26. The van der Waals surface area contributed by atoms with Gasteiger partial charge in [-0.1, -0.05) is 12.1 Å². The maximum atomic E-state index is 10.4. The van der Waals surface area contributed by atoms with Crippen molar-refractivity contribution < 1.29 is 9.90 Å². The molecular weight excluding hydrogens is 156 g/mol. The van der Waals surface area contributed by atoms with Crippen molar-refractivity contribution in [3.8, 4) is 0 Å². The Labute approximate surface area is 69.1 Å². The molecule has 0 saturated heterocycles.